The first-order valence-electron chi connectivity index (χ1n) is 7.30. The van der Waals surface area contributed by atoms with Crippen LogP contribution in [0.15, 0.2) is 24.3 Å². The Morgan fingerprint density at radius 1 is 1.25 bits per heavy atom. The Morgan fingerprint density at radius 3 is 3.05 bits per heavy atom. The molecule has 2 unspecified atom stereocenters. The van der Waals surface area contributed by atoms with E-state index in [1.54, 1.807) is 0 Å². The van der Waals surface area contributed by atoms with Crippen LogP contribution in [0.25, 0.3) is 0 Å². The van der Waals surface area contributed by atoms with Crippen molar-refractivity contribution in [2.75, 3.05) is 6.61 Å². The molecule has 4 heteroatoms. The summed E-state index contributed by atoms with van der Waals surface area (Å²) in [5.41, 5.74) is 8.63. The van der Waals surface area contributed by atoms with E-state index in [1.165, 1.54) is 21.9 Å². The highest BCUT2D eigenvalue weighted by Gasteiger charge is 2.29. The van der Waals surface area contributed by atoms with Gasteiger partial charge >= 0.3 is 0 Å². The Labute approximate surface area is 122 Å². The molecule has 0 bridgehead atoms. The summed E-state index contributed by atoms with van der Waals surface area (Å²) in [5, 5.41) is 1.23. The van der Waals surface area contributed by atoms with Gasteiger partial charge in [-0.25, -0.2) is 4.98 Å². The molecule has 0 amide bonds. The highest BCUT2D eigenvalue weighted by Crippen LogP contribution is 2.42. The molecule has 0 saturated heterocycles. The van der Waals surface area contributed by atoms with E-state index in [0.717, 1.165) is 37.3 Å². The van der Waals surface area contributed by atoms with Crippen molar-refractivity contribution in [1.82, 2.24) is 4.98 Å². The lowest BCUT2D eigenvalue weighted by atomic mass is 9.93. The fourth-order valence-corrected chi connectivity index (χ4v) is 4.55. The van der Waals surface area contributed by atoms with E-state index in [0.29, 0.717) is 5.92 Å². The molecular weight excluding hydrogens is 268 g/mol. The Morgan fingerprint density at radius 2 is 2.15 bits per heavy atom. The number of fused-ring (bicyclic) bond motifs is 2. The van der Waals surface area contributed by atoms with E-state index < -0.39 is 0 Å². The molecular formula is C16H18N2OS. The third-order valence-corrected chi connectivity index (χ3v) is 5.52. The van der Waals surface area contributed by atoms with Gasteiger partial charge in [0.25, 0.3) is 0 Å². The summed E-state index contributed by atoms with van der Waals surface area (Å²) < 4.78 is 5.75. The molecule has 3 nitrogen and oxygen atoms in total. The minimum Gasteiger partial charge on any atom is -0.493 e. The van der Waals surface area contributed by atoms with Crippen LogP contribution in [0.5, 0.6) is 5.75 Å². The van der Waals surface area contributed by atoms with Crippen molar-refractivity contribution in [1.29, 1.82) is 0 Å². The number of hydrogen-bond donors (Lipinski definition) is 1. The highest BCUT2D eigenvalue weighted by atomic mass is 32.1. The van der Waals surface area contributed by atoms with E-state index in [1.807, 2.05) is 17.4 Å². The molecule has 1 aromatic carbocycles. The van der Waals surface area contributed by atoms with Gasteiger partial charge in [-0.1, -0.05) is 18.2 Å². The van der Waals surface area contributed by atoms with Gasteiger partial charge in [-0.2, -0.15) is 0 Å². The quantitative estimate of drug-likeness (QED) is 0.874. The summed E-state index contributed by atoms with van der Waals surface area (Å²) in [6.07, 6.45) is 4.42. The number of benzene rings is 1. The van der Waals surface area contributed by atoms with Crippen LogP contribution < -0.4 is 10.5 Å². The molecule has 0 fully saturated rings. The first kappa shape index (κ1) is 12.4. The van der Waals surface area contributed by atoms with Gasteiger partial charge in [0, 0.05) is 22.4 Å². The third kappa shape index (κ3) is 1.95. The zero-order valence-electron chi connectivity index (χ0n) is 11.3. The SMILES string of the molecule is NC1CCCc2sc(C3CCOc4ccccc43)nc21. The highest BCUT2D eigenvalue weighted by molar-refractivity contribution is 7.11. The molecule has 4 rings (SSSR count). The van der Waals surface area contributed by atoms with Gasteiger partial charge in [-0.05, 0) is 31.7 Å². The summed E-state index contributed by atoms with van der Waals surface area (Å²) in [4.78, 5) is 6.30. The Hall–Kier alpha value is -1.39. The average molecular weight is 286 g/mol. The summed E-state index contributed by atoms with van der Waals surface area (Å²) in [6.45, 7) is 0.776. The number of nitrogens with two attached hydrogens (primary N) is 1. The van der Waals surface area contributed by atoms with Gasteiger partial charge in [-0.15, -0.1) is 11.3 Å². The minimum absolute atomic E-state index is 0.138. The van der Waals surface area contributed by atoms with E-state index in [4.69, 9.17) is 15.5 Å². The van der Waals surface area contributed by atoms with Crippen LogP contribution in [0.4, 0.5) is 0 Å². The second-order valence-corrected chi connectivity index (χ2v) is 6.70. The van der Waals surface area contributed by atoms with Crippen LogP contribution >= 0.6 is 11.3 Å². The topological polar surface area (TPSA) is 48.1 Å². The normalized spacial score (nSPS) is 24.6. The Balaban J connectivity index is 1.76. The van der Waals surface area contributed by atoms with Crippen LogP contribution in [0.2, 0.25) is 0 Å². The van der Waals surface area contributed by atoms with Crippen molar-refractivity contribution in [3.63, 3.8) is 0 Å². The van der Waals surface area contributed by atoms with Gasteiger partial charge in [0.05, 0.1) is 12.3 Å². The van der Waals surface area contributed by atoms with E-state index >= 15 is 0 Å². The molecule has 2 atom stereocenters. The average Bonchev–Trinajstić information content (AvgIpc) is 2.92. The molecule has 1 aliphatic carbocycles. The second kappa shape index (κ2) is 4.86. The molecule has 2 heterocycles. The van der Waals surface area contributed by atoms with Crippen molar-refractivity contribution in [2.24, 2.45) is 5.73 Å². The predicted molar refractivity (Wildman–Crippen MR) is 80.4 cm³/mol. The van der Waals surface area contributed by atoms with Crippen molar-refractivity contribution in [2.45, 2.75) is 37.6 Å². The number of hydrogen-bond acceptors (Lipinski definition) is 4. The lowest BCUT2D eigenvalue weighted by molar-refractivity contribution is 0.276. The predicted octanol–water partition coefficient (Wildman–Crippen LogP) is 3.39. The molecule has 2 aromatic rings. The van der Waals surface area contributed by atoms with Crippen molar-refractivity contribution in [3.05, 3.63) is 45.4 Å². The molecule has 2 aliphatic rings. The van der Waals surface area contributed by atoms with E-state index in [9.17, 15) is 0 Å². The zero-order chi connectivity index (χ0) is 13.5. The number of nitrogens with zero attached hydrogens (tertiary/aromatic N) is 1. The zero-order valence-corrected chi connectivity index (χ0v) is 12.2. The van der Waals surface area contributed by atoms with Crippen molar-refractivity contribution < 1.29 is 4.74 Å². The standard InChI is InChI=1S/C16H18N2OS/c17-12-5-3-7-14-15(12)18-16(20-14)11-8-9-19-13-6-2-1-4-10(11)13/h1-2,4,6,11-12H,3,5,7-9,17H2. The molecule has 1 aromatic heterocycles. The molecule has 0 spiro atoms. The number of aromatic nitrogens is 1. The summed E-state index contributed by atoms with van der Waals surface area (Å²) in [5.74, 6) is 1.39. The second-order valence-electron chi connectivity index (χ2n) is 5.59. The largest absolute Gasteiger partial charge is 0.493 e. The fraction of sp³-hybridized carbons (Fsp3) is 0.438. The summed E-state index contributed by atoms with van der Waals surface area (Å²) in [6, 6.07) is 8.48. The van der Waals surface area contributed by atoms with Gasteiger partial charge in [0.1, 0.15) is 10.8 Å². The maximum atomic E-state index is 6.20. The number of rotatable bonds is 1. The maximum Gasteiger partial charge on any atom is 0.123 e. The summed E-state index contributed by atoms with van der Waals surface area (Å²) >= 11 is 1.86. The Bertz CT molecular complexity index is 637. The van der Waals surface area contributed by atoms with Gasteiger partial charge in [0.15, 0.2) is 0 Å². The van der Waals surface area contributed by atoms with Crippen LogP contribution in [0.1, 0.15) is 52.4 Å². The van der Waals surface area contributed by atoms with E-state index in [-0.39, 0.29) is 6.04 Å². The first-order valence-corrected chi connectivity index (χ1v) is 8.11. The van der Waals surface area contributed by atoms with Crippen molar-refractivity contribution >= 4 is 11.3 Å². The van der Waals surface area contributed by atoms with Gasteiger partial charge in [0.2, 0.25) is 0 Å². The lowest BCUT2D eigenvalue weighted by Crippen LogP contribution is -2.17. The molecule has 20 heavy (non-hydrogen) atoms. The molecule has 104 valence electrons. The number of ether oxygens (including phenoxy) is 1. The van der Waals surface area contributed by atoms with Crippen LogP contribution in [-0.2, 0) is 6.42 Å². The van der Waals surface area contributed by atoms with Gasteiger partial charge in [-0.3, -0.25) is 0 Å². The number of thiazole rings is 1. The monoisotopic (exact) mass is 286 g/mol. The van der Waals surface area contributed by atoms with Crippen LogP contribution in [0.3, 0.4) is 0 Å². The smallest absolute Gasteiger partial charge is 0.123 e. The molecule has 2 N–H and O–H groups in total. The lowest BCUT2D eigenvalue weighted by Gasteiger charge is -2.24. The van der Waals surface area contributed by atoms with Crippen molar-refractivity contribution in [3.8, 4) is 5.75 Å². The van der Waals surface area contributed by atoms with E-state index in [2.05, 4.69) is 18.2 Å². The van der Waals surface area contributed by atoms with Gasteiger partial charge < -0.3 is 10.5 Å². The first-order chi connectivity index (χ1) is 9.83. The number of para-hydroxylation sites is 1. The van der Waals surface area contributed by atoms with Crippen LogP contribution in [0, 0.1) is 0 Å². The summed E-state index contributed by atoms with van der Waals surface area (Å²) in [7, 11) is 0. The fourth-order valence-electron chi connectivity index (χ4n) is 3.22. The molecule has 1 aliphatic heterocycles. The molecule has 0 saturated carbocycles. The molecule has 0 radical (unpaired) electrons. The Kier molecular flexibility index (Phi) is 3.00. The third-order valence-electron chi connectivity index (χ3n) is 4.27. The minimum atomic E-state index is 0.138. The maximum absolute atomic E-state index is 6.20. The number of aryl methyl sites for hydroxylation is 1. The van der Waals surface area contributed by atoms with Crippen LogP contribution in [-0.4, -0.2) is 11.6 Å².